The molecule has 86 valence electrons. The molecule has 1 aromatic rings. The predicted molar refractivity (Wildman–Crippen MR) is 64.4 cm³/mol. The Kier molecular flexibility index (Phi) is 5.22. The summed E-state index contributed by atoms with van der Waals surface area (Å²) in [6, 6.07) is 0.361. The molecule has 2 atom stereocenters. The number of hydrogen-bond donors (Lipinski definition) is 1. The Labute approximate surface area is 95.9 Å². The van der Waals surface area contributed by atoms with Crippen molar-refractivity contribution in [2.45, 2.75) is 39.8 Å². The smallest absolute Gasteiger partial charge is 0.0798 e. The highest BCUT2D eigenvalue weighted by Crippen LogP contribution is 2.20. The second-order valence-corrected chi connectivity index (χ2v) is 4.58. The monoisotopic (exact) mass is 228 g/mol. The maximum absolute atomic E-state index is 5.47. The topological polar surface area (TPSA) is 34.1 Å². The summed E-state index contributed by atoms with van der Waals surface area (Å²) in [5.74, 6) is 0. The average molecular weight is 228 g/mol. The van der Waals surface area contributed by atoms with E-state index in [9.17, 15) is 0 Å². The minimum Gasteiger partial charge on any atom is -0.377 e. The number of aryl methyl sites for hydroxylation is 1. The van der Waals surface area contributed by atoms with Gasteiger partial charge in [-0.1, -0.05) is 0 Å². The van der Waals surface area contributed by atoms with Crippen LogP contribution in [-0.2, 0) is 4.74 Å². The van der Waals surface area contributed by atoms with Gasteiger partial charge in [0.1, 0.15) is 0 Å². The number of aromatic nitrogens is 1. The Balaban J connectivity index is 2.36. The second kappa shape index (κ2) is 6.20. The number of rotatable bonds is 6. The summed E-state index contributed by atoms with van der Waals surface area (Å²) in [4.78, 5) is 5.57. The molecule has 3 nitrogen and oxygen atoms in total. The van der Waals surface area contributed by atoms with Crippen LogP contribution in [0.2, 0.25) is 0 Å². The Morgan fingerprint density at radius 1 is 1.53 bits per heavy atom. The molecule has 0 fully saturated rings. The van der Waals surface area contributed by atoms with E-state index in [4.69, 9.17) is 4.74 Å². The average Bonchev–Trinajstić information content (AvgIpc) is 2.61. The van der Waals surface area contributed by atoms with Crippen molar-refractivity contribution in [2.75, 3.05) is 13.2 Å². The van der Waals surface area contributed by atoms with Crippen LogP contribution in [0.3, 0.4) is 0 Å². The van der Waals surface area contributed by atoms with Gasteiger partial charge in [-0.25, -0.2) is 4.98 Å². The third kappa shape index (κ3) is 3.89. The first-order valence-electron chi connectivity index (χ1n) is 5.40. The number of thiazole rings is 1. The fourth-order valence-electron chi connectivity index (χ4n) is 1.51. The van der Waals surface area contributed by atoms with Crippen molar-refractivity contribution < 1.29 is 4.74 Å². The molecule has 1 N–H and O–H groups in total. The SMILES string of the molecule is CCOC(C)CNC(C)c1scnc1C. The molecule has 0 aromatic carbocycles. The molecule has 0 spiro atoms. The van der Waals surface area contributed by atoms with Crippen LogP contribution in [0, 0.1) is 6.92 Å². The molecule has 1 aromatic heterocycles. The lowest BCUT2D eigenvalue weighted by atomic mass is 10.2. The Morgan fingerprint density at radius 2 is 2.27 bits per heavy atom. The van der Waals surface area contributed by atoms with E-state index in [1.807, 2.05) is 12.4 Å². The maximum atomic E-state index is 5.47. The van der Waals surface area contributed by atoms with Crippen LogP contribution in [0.25, 0.3) is 0 Å². The van der Waals surface area contributed by atoms with Crippen LogP contribution in [0.1, 0.15) is 37.4 Å². The first-order chi connectivity index (χ1) is 7.15. The van der Waals surface area contributed by atoms with E-state index in [2.05, 4.69) is 31.1 Å². The van der Waals surface area contributed by atoms with Crippen molar-refractivity contribution in [3.63, 3.8) is 0 Å². The van der Waals surface area contributed by atoms with Crippen LogP contribution < -0.4 is 5.32 Å². The summed E-state index contributed by atoms with van der Waals surface area (Å²) >= 11 is 1.71. The Bertz CT molecular complexity index is 288. The number of hydrogen-bond acceptors (Lipinski definition) is 4. The van der Waals surface area contributed by atoms with Crippen LogP contribution in [0.15, 0.2) is 5.51 Å². The van der Waals surface area contributed by atoms with Crippen LogP contribution in [0.5, 0.6) is 0 Å². The molecule has 0 aliphatic rings. The lowest BCUT2D eigenvalue weighted by Gasteiger charge is -2.17. The quantitative estimate of drug-likeness (QED) is 0.812. The van der Waals surface area contributed by atoms with E-state index >= 15 is 0 Å². The molecule has 2 unspecified atom stereocenters. The summed E-state index contributed by atoms with van der Waals surface area (Å²) < 4.78 is 5.47. The molecule has 0 aliphatic carbocycles. The third-order valence-corrected chi connectivity index (χ3v) is 3.45. The number of nitrogens with zero attached hydrogens (tertiary/aromatic N) is 1. The van der Waals surface area contributed by atoms with Crippen molar-refractivity contribution >= 4 is 11.3 Å². The molecule has 0 radical (unpaired) electrons. The first kappa shape index (κ1) is 12.6. The minimum absolute atomic E-state index is 0.269. The largest absolute Gasteiger partial charge is 0.377 e. The molecule has 0 saturated heterocycles. The summed E-state index contributed by atoms with van der Waals surface area (Å²) in [5.41, 5.74) is 3.03. The van der Waals surface area contributed by atoms with Gasteiger partial charge in [0.25, 0.3) is 0 Å². The second-order valence-electron chi connectivity index (χ2n) is 3.70. The van der Waals surface area contributed by atoms with Gasteiger partial charge in [0, 0.05) is 24.1 Å². The van der Waals surface area contributed by atoms with Crippen molar-refractivity contribution in [1.29, 1.82) is 0 Å². The molecule has 1 rings (SSSR count). The Hall–Kier alpha value is -0.450. The van der Waals surface area contributed by atoms with Crippen LogP contribution in [-0.4, -0.2) is 24.2 Å². The summed E-state index contributed by atoms with van der Waals surface area (Å²) in [6.07, 6.45) is 0.269. The lowest BCUT2D eigenvalue weighted by Crippen LogP contribution is -2.29. The highest BCUT2D eigenvalue weighted by molar-refractivity contribution is 7.09. The highest BCUT2D eigenvalue weighted by atomic mass is 32.1. The van der Waals surface area contributed by atoms with Crippen molar-refractivity contribution in [1.82, 2.24) is 10.3 Å². The fourth-order valence-corrected chi connectivity index (χ4v) is 2.34. The van der Waals surface area contributed by atoms with E-state index in [0.29, 0.717) is 6.04 Å². The summed E-state index contributed by atoms with van der Waals surface area (Å²) in [7, 11) is 0. The zero-order valence-corrected chi connectivity index (χ0v) is 10.7. The normalized spacial score (nSPS) is 15.2. The van der Waals surface area contributed by atoms with Gasteiger partial charge in [-0.3, -0.25) is 0 Å². The highest BCUT2D eigenvalue weighted by Gasteiger charge is 2.11. The van der Waals surface area contributed by atoms with Gasteiger partial charge in [0.2, 0.25) is 0 Å². The van der Waals surface area contributed by atoms with Crippen molar-refractivity contribution in [3.05, 3.63) is 16.1 Å². The predicted octanol–water partition coefficient (Wildman–Crippen LogP) is 2.53. The van der Waals surface area contributed by atoms with Crippen molar-refractivity contribution in [3.8, 4) is 0 Å². The molecular weight excluding hydrogens is 208 g/mol. The van der Waals surface area contributed by atoms with Crippen LogP contribution >= 0.6 is 11.3 Å². The maximum Gasteiger partial charge on any atom is 0.0798 e. The summed E-state index contributed by atoms with van der Waals surface area (Å²) in [6.45, 7) is 9.98. The van der Waals surface area contributed by atoms with Gasteiger partial charge in [0.05, 0.1) is 17.3 Å². The minimum atomic E-state index is 0.269. The third-order valence-electron chi connectivity index (χ3n) is 2.34. The molecule has 0 amide bonds. The van der Waals surface area contributed by atoms with Crippen LogP contribution in [0.4, 0.5) is 0 Å². The van der Waals surface area contributed by atoms with E-state index in [1.165, 1.54) is 4.88 Å². The fraction of sp³-hybridized carbons (Fsp3) is 0.727. The summed E-state index contributed by atoms with van der Waals surface area (Å²) in [5, 5.41) is 3.46. The standard InChI is InChI=1S/C11H20N2OS/c1-5-14-8(2)6-12-9(3)11-10(4)13-7-15-11/h7-9,12H,5-6H2,1-4H3. The van der Waals surface area contributed by atoms with E-state index in [1.54, 1.807) is 11.3 Å². The number of ether oxygens (including phenoxy) is 1. The molecule has 0 aliphatic heterocycles. The molecule has 0 bridgehead atoms. The molecular formula is C11H20N2OS. The lowest BCUT2D eigenvalue weighted by molar-refractivity contribution is 0.0744. The van der Waals surface area contributed by atoms with E-state index < -0.39 is 0 Å². The Morgan fingerprint density at radius 3 is 2.80 bits per heavy atom. The van der Waals surface area contributed by atoms with Gasteiger partial charge in [-0.2, -0.15) is 0 Å². The number of nitrogens with one attached hydrogen (secondary N) is 1. The van der Waals surface area contributed by atoms with Gasteiger partial charge < -0.3 is 10.1 Å². The van der Waals surface area contributed by atoms with Gasteiger partial charge in [-0.05, 0) is 27.7 Å². The first-order valence-corrected chi connectivity index (χ1v) is 6.28. The van der Waals surface area contributed by atoms with Gasteiger partial charge >= 0.3 is 0 Å². The van der Waals surface area contributed by atoms with E-state index in [-0.39, 0.29) is 6.10 Å². The zero-order valence-electron chi connectivity index (χ0n) is 9.91. The van der Waals surface area contributed by atoms with Crippen molar-refractivity contribution in [2.24, 2.45) is 0 Å². The molecule has 1 heterocycles. The van der Waals surface area contributed by atoms with Gasteiger partial charge in [0.15, 0.2) is 0 Å². The zero-order chi connectivity index (χ0) is 11.3. The molecule has 4 heteroatoms. The molecule has 0 saturated carbocycles. The molecule has 15 heavy (non-hydrogen) atoms. The van der Waals surface area contributed by atoms with Gasteiger partial charge in [-0.15, -0.1) is 11.3 Å². The van der Waals surface area contributed by atoms with E-state index in [0.717, 1.165) is 18.8 Å².